The second-order valence-electron chi connectivity index (χ2n) is 5.13. The van der Waals surface area contributed by atoms with Crippen molar-refractivity contribution in [3.05, 3.63) is 16.7 Å². The van der Waals surface area contributed by atoms with E-state index in [4.69, 9.17) is 5.73 Å². The molecule has 0 bridgehead atoms. The largest absolute Gasteiger partial charge is 0.391 e. The quantitative estimate of drug-likeness (QED) is 0.724. The minimum Gasteiger partial charge on any atom is -0.391 e. The first-order valence-electron chi connectivity index (χ1n) is 7.01. The second-order valence-corrected chi connectivity index (χ2v) is 5.13. The maximum absolute atomic E-state index is 11.6. The molecule has 1 unspecified atom stereocenters. The highest BCUT2D eigenvalue weighted by Crippen LogP contribution is 2.20. The average Bonchev–Trinajstić information content (AvgIpc) is 2.43. The van der Waals surface area contributed by atoms with Gasteiger partial charge in [0.25, 0.3) is 5.56 Å². The van der Waals surface area contributed by atoms with Gasteiger partial charge in [0.2, 0.25) is 0 Å². The average molecular weight is 265 g/mol. The molecule has 0 saturated carbocycles. The first kappa shape index (κ1) is 13.9. The maximum Gasteiger partial charge on any atom is 0.276 e. The highest BCUT2D eigenvalue weighted by Gasteiger charge is 2.19. The van der Waals surface area contributed by atoms with Crippen LogP contribution in [-0.2, 0) is 0 Å². The van der Waals surface area contributed by atoms with Crippen LogP contribution in [0.15, 0.2) is 11.1 Å². The molecule has 1 aromatic heterocycles. The van der Waals surface area contributed by atoms with Crippen LogP contribution in [0.1, 0.15) is 26.2 Å². The van der Waals surface area contributed by atoms with Gasteiger partial charge in [-0.3, -0.25) is 4.79 Å². The van der Waals surface area contributed by atoms with Crippen molar-refractivity contribution in [2.75, 3.05) is 36.8 Å². The molecule has 0 radical (unpaired) electrons. The fraction of sp³-hybridized carbons (Fsp3) is 0.692. The summed E-state index contributed by atoms with van der Waals surface area (Å²) in [6.45, 7) is 6.03. The van der Waals surface area contributed by atoms with E-state index in [0.717, 1.165) is 32.6 Å². The molecule has 19 heavy (non-hydrogen) atoms. The number of nitrogen functional groups attached to an aromatic ring is 1. The Bertz CT molecular complexity index is 453. The third kappa shape index (κ3) is 3.47. The van der Waals surface area contributed by atoms with Crippen LogP contribution < -0.4 is 21.5 Å². The number of piperidine rings is 1. The fourth-order valence-electron chi connectivity index (χ4n) is 2.60. The van der Waals surface area contributed by atoms with Crippen LogP contribution in [0.4, 0.5) is 11.5 Å². The predicted molar refractivity (Wildman–Crippen MR) is 77.4 cm³/mol. The lowest BCUT2D eigenvalue weighted by molar-refractivity contribution is 0.376. The molecule has 1 saturated heterocycles. The number of nitrogens with zero attached hydrogens (tertiary/aromatic N) is 2. The zero-order valence-corrected chi connectivity index (χ0v) is 11.5. The van der Waals surface area contributed by atoms with Crippen LogP contribution >= 0.6 is 0 Å². The van der Waals surface area contributed by atoms with Gasteiger partial charge in [0.05, 0.1) is 6.33 Å². The molecule has 2 heterocycles. The standard InChI is InChI=1S/C13H23N5O/c1-2-6-18(8-10-4-3-5-15-7-10)12-11(14)13(19)17-9-16-12/h9-10,15H,2-8,14H2,1H3,(H,16,17,19). The molecule has 1 fully saturated rings. The summed E-state index contributed by atoms with van der Waals surface area (Å²) in [4.78, 5) is 20.5. The molecule has 2 rings (SSSR count). The highest BCUT2D eigenvalue weighted by atomic mass is 16.1. The van der Waals surface area contributed by atoms with E-state index < -0.39 is 0 Å². The van der Waals surface area contributed by atoms with Crippen LogP contribution in [0.3, 0.4) is 0 Å². The Hall–Kier alpha value is -1.56. The van der Waals surface area contributed by atoms with Crippen molar-refractivity contribution in [2.45, 2.75) is 26.2 Å². The van der Waals surface area contributed by atoms with Crippen molar-refractivity contribution in [1.29, 1.82) is 0 Å². The van der Waals surface area contributed by atoms with Gasteiger partial charge in [-0.2, -0.15) is 0 Å². The lowest BCUT2D eigenvalue weighted by Gasteiger charge is -2.31. The van der Waals surface area contributed by atoms with E-state index in [0.29, 0.717) is 11.7 Å². The Balaban J connectivity index is 2.14. The monoisotopic (exact) mass is 265 g/mol. The summed E-state index contributed by atoms with van der Waals surface area (Å²) < 4.78 is 0. The predicted octanol–water partition coefficient (Wildman–Crippen LogP) is 0.568. The van der Waals surface area contributed by atoms with Gasteiger partial charge in [0.1, 0.15) is 5.69 Å². The molecular weight excluding hydrogens is 242 g/mol. The van der Waals surface area contributed by atoms with Crippen molar-refractivity contribution in [2.24, 2.45) is 5.92 Å². The zero-order valence-electron chi connectivity index (χ0n) is 11.5. The molecule has 0 spiro atoms. The molecular formula is C13H23N5O. The van der Waals surface area contributed by atoms with Crippen molar-refractivity contribution < 1.29 is 0 Å². The number of aromatic nitrogens is 2. The third-order valence-electron chi connectivity index (χ3n) is 3.54. The van der Waals surface area contributed by atoms with Crippen molar-refractivity contribution >= 4 is 11.5 Å². The maximum atomic E-state index is 11.6. The Morgan fingerprint density at radius 2 is 2.42 bits per heavy atom. The van der Waals surface area contributed by atoms with Crippen LogP contribution in [-0.4, -0.2) is 36.1 Å². The molecule has 1 atom stereocenters. The van der Waals surface area contributed by atoms with E-state index in [2.05, 4.69) is 27.1 Å². The SMILES string of the molecule is CCCN(CC1CCCNC1)c1nc[nH]c(=O)c1N. The Morgan fingerprint density at radius 3 is 3.11 bits per heavy atom. The lowest BCUT2D eigenvalue weighted by atomic mass is 9.99. The van der Waals surface area contributed by atoms with E-state index in [9.17, 15) is 4.79 Å². The van der Waals surface area contributed by atoms with Crippen molar-refractivity contribution in [3.63, 3.8) is 0 Å². The van der Waals surface area contributed by atoms with Gasteiger partial charge in [0, 0.05) is 13.1 Å². The van der Waals surface area contributed by atoms with E-state index >= 15 is 0 Å². The van der Waals surface area contributed by atoms with Crippen molar-refractivity contribution in [1.82, 2.24) is 15.3 Å². The van der Waals surface area contributed by atoms with Gasteiger partial charge in [0.15, 0.2) is 5.82 Å². The summed E-state index contributed by atoms with van der Waals surface area (Å²) in [5.41, 5.74) is 5.82. The third-order valence-corrected chi connectivity index (χ3v) is 3.54. The fourth-order valence-corrected chi connectivity index (χ4v) is 2.60. The number of aromatic amines is 1. The minimum absolute atomic E-state index is 0.222. The summed E-state index contributed by atoms with van der Waals surface area (Å²) in [5, 5.41) is 3.41. The number of H-pyrrole nitrogens is 1. The van der Waals surface area contributed by atoms with Crippen LogP contribution in [0.2, 0.25) is 0 Å². The molecule has 4 N–H and O–H groups in total. The molecule has 0 aliphatic carbocycles. The van der Waals surface area contributed by atoms with Crippen molar-refractivity contribution in [3.8, 4) is 0 Å². The topological polar surface area (TPSA) is 87.0 Å². The van der Waals surface area contributed by atoms with Crippen LogP contribution in [0.25, 0.3) is 0 Å². The number of rotatable bonds is 5. The van der Waals surface area contributed by atoms with Gasteiger partial charge in [-0.15, -0.1) is 0 Å². The second kappa shape index (κ2) is 6.56. The molecule has 0 aromatic carbocycles. The minimum atomic E-state index is -0.257. The van der Waals surface area contributed by atoms with Gasteiger partial charge in [-0.25, -0.2) is 4.98 Å². The summed E-state index contributed by atoms with van der Waals surface area (Å²) in [7, 11) is 0. The summed E-state index contributed by atoms with van der Waals surface area (Å²) in [6, 6.07) is 0. The van der Waals surface area contributed by atoms with E-state index in [1.165, 1.54) is 19.2 Å². The first-order valence-corrected chi connectivity index (χ1v) is 7.01. The van der Waals surface area contributed by atoms with E-state index in [1.807, 2.05) is 0 Å². The number of hydrogen-bond acceptors (Lipinski definition) is 5. The number of anilines is 2. The Kier molecular flexibility index (Phi) is 4.79. The molecule has 6 heteroatoms. The van der Waals surface area contributed by atoms with Crippen LogP contribution in [0.5, 0.6) is 0 Å². The van der Waals surface area contributed by atoms with E-state index in [1.54, 1.807) is 0 Å². The molecule has 106 valence electrons. The highest BCUT2D eigenvalue weighted by molar-refractivity contribution is 5.60. The lowest BCUT2D eigenvalue weighted by Crippen LogP contribution is -2.39. The first-order chi connectivity index (χ1) is 9.22. The molecule has 0 amide bonds. The summed E-state index contributed by atoms with van der Waals surface area (Å²) in [6.07, 6.45) is 4.86. The smallest absolute Gasteiger partial charge is 0.276 e. The number of nitrogens with one attached hydrogen (secondary N) is 2. The number of hydrogen-bond donors (Lipinski definition) is 3. The molecule has 6 nitrogen and oxygen atoms in total. The molecule has 1 aromatic rings. The van der Waals surface area contributed by atoms with Gasteiger partial charge >= 0.3 is 0 Å². The summed E-state index contributed by atoms with van der Waals surface area (Å²) in [5.74, 6) is 1.22. The van der Waals surface area contributed by atoms with E-state index in [-0.39, 0.29) is 11.2 Å². The van der Waals surface area contributed by atoms with Gasteiger partial charge < -0.3 is 20.9 Å². The number of nitrogens with two attached hydrogens (primary N) is 1. The Labute approximate surface area is 113 Å². The Morgan fingerprint density at radius 1 is 1.58 bits per heavy atom. The van der Waals surface area contributed by atoms with Gasteiger partial charge in [-0.1, -0.05) is 6.92 Å². The molecule has 1 aliphatic rings. The zero-order chi connectivity index (χ0) is 13.7. The molecule has 1 aliphatic heterocycles. The summed E-state index contributed by atoms with van der Waals surface area (Å²) >= 11 is 0. The normalized spacial score (nSPS) is 19.3. The van der Waals surface area contributed by atoms with Gasteiger partial charge in [-0.05, 0) is 38.3 Å². The van der Waals surface area contributed by atoms with Crippen LogP contribution in [0, 0.1) is 5.92 Å².